The Morgan fingerprint density at radius 3 is 2.00 bits per heavy atom. The van der Waals surface area contributed by atoms with E-state index in [2.05, 4.69) is 6.92 Å². The first-order valence-electron chi connectivity index (χ1n) is 7.08. The van der Waals surface area contributed by atoms with Crippen LogP contribution in [-0.4, -0.2) is 71.0 Å². The summed E-state index contributed by atoms with van der Waals surface area (Å²) in [4.78, 5) is 23.2. The van der Waals surface area contributed by atoms with Gasteiger partial charge in [0.25, 0.3) is 0 Å². The van der Waals surface area contributed by atoms with Crippen molar-refractivity contribution in [1.29, 1.82) is 0 Å². The van der Waals surface area contributed by atoms with Crippen LogP contribution in [0, 0.1) is 0 Å². The standard InChI is InChI=1S/C16H22O4.Ba.2H/c1-2-3-4-5-9-12-16(14(17)18,15(19)20)13-10-7-6-8-11-13;;;/h6-8,10-11H,2-5,9,12H2,1H3,(H,17,18)(H,19,20);;;/q;+2;2*-1. The Balaban J connectivity index is -0.00000133. The second kappa shape index (κ2) is 10.5. The molecule has 0 aromatic heterocycles. The van der Waals surface area contributed by atoms with Gasteiger partial charge in [-0.25, -0.2) is 0 Å². The molecule has 0 unspecified atom stereocenters. The van der Waals surface area contributed by atoms with E-state index in [9.17, 15) is 19.8 Å². The number of benzene rings is 1. The van der Waals surface area contributed by atoms with Crippen LogP contribution >= 0.6 is 0 Å². The molecule has 1 rings (SSSR count). The van der Waals surface area contributed by atoms with Crippen molar-refractivity contribution in [3.05, 3.63) is 35.9 Å². The molecule has 1 aromatic rings. The van der Waals surface area contributed by atoms with Gasteiger partial charge in [-0.3, -0.25) is 9.59 Å². The summed E-state index contributed by atoms with van der Waals surface area (Å²) in [5.41, 5.74) is -1.48. The molecule has 0 fully saturated rings. The fourth-order valence-corrected chi connectivity index (χ4v) is 2.41. The van der Waals surface area contributed by atoms with Crippen LogP contribution in [0.5, 0.6) is 0 Å². The summed E-state index contributed by atoms with van der Waals surface area (Å²) in [6, 6.07) is 8.25. The van der Waals surface area contributed by atoms with E-state index in [4.69, 9.17) is 0 Å². The van der Waals surface area contributed by atoms with Gasteiger partial charge in [0.2, 0.25) is 0 Å². The van der Waals surface area contributed by atoms with Crippen LogP contribution in [0.2, 0.25) is 0 Å². The molecule has 1 aromatic carbocycles. The number of carboxylic acid groups (broad SMARTS) is 2. The van der Waals surface area contributed by atoms with Gasteiger partial charge in [0.1, 0.15) is 0 Å². The van der Waals surface area contributed by atoms with Gasteiger partial charge in [0.05, 0.1) is 0 Å². The molecule has 0 saturated heterocycles. The van der Waals surface area contributed by atoms with E-state index in [1.54, 1.807) is 30.3 Å². The molecule has 0 saturated carbocycles. The van der Waals surface area contributed by atoms with Crippen LogP contribution in [0.4, 0.5) is 0 Å². The Morgan fingerprint density at radius 2 is 1.52 bits per heavy atom. The molecule has 0 aliphatic carbocycles. The van der Waals surface area contributed by atoms with Gasteiger partial charge in [-0.05, 0) is 12.0 Å². The zero-order valence-corrected chi connectivity index (χ0v) is 17.0. The summed E-state index contributed by atoms with van der Waals surface area (Å²) in [6.45, 7) is 2.10. The second-order valence-corrected chi connectivity index (χ2v) is 5.05. The maximum absolute atomic E-state index is 11.6. The van der Waals surface area contributed by atoms with Crippen LogP contribution < -0.4 is 0 Å². The summed E-state index contributed by atoms with van der Waals surface area (Å²) < 4.78 is 0. The Kier molecular flexibility index (Phi) is 10.3. The molecule has 0 radical (unpaired) electrons. The van der Waals surface area contributed by atoms with Crippen LogP contribution in [0.25, 0.3) is 0 Å². The van der Waals surface area contributed by atoms with E-state index in [0.717, 1.165) is 25.7 Å². The van der Waals surface area contributed by atoms with Gasteiger partial charge in [-0.2, -0.15) is 0 Å². The largest absolute Gasteiger partial charge is 2.00 e. The van der Waals surface area contributed by atoms with Crippen LogP contribution in [0.1, 0.15) is 53.9 Å². The average Bonchev–Trinajstić information content (AvgIpc) is 2.43. The number of rotatable bonds is 9. The smallest absolute Gasteiger partial charge is 1.00 e. The molecule has 2 N–H and O–H groups in total. The summed E-state index contributed by atoms with van der Waals surface area (Å²) >= 11 is 0. The molecular formula is C16H24BaO4. The van der Waals surface area contributed by atoms with Gasteiger partial charge in [-0.1, -0.05) is 69.4 Å². The summed E-state index contributed by atoms with van der Waals surface area (Å²) in [7, 11) is 0. The fourth-order valence-electron chi connectivity index (χ4n) is 2.41. The minimum absolute atomic E-state index is 0. The maximum Gasteiger partial charge on any atom is 2.00 e. The number of aliphatic carboxylic acids is 2. The molecular weight excluding hydrogens is 394 g/mol. The minimum atomic E-state index is -1.83. The molecule has 0 spiro atoms. The maximum atomic E-state index is 11.6. The van der Waals surface area contributed by atoms with Crippen LogP contribution in [0.3, 0.4) is 0 Å². The van der Waals surface area contributed by atoms with Crippen LogP contribution in [0.15, 0.2) is 30.3 Å². The predicted octanol–water partition coefficient (Wildman–Crippen LogP) is 3.30. The third kappa shape index (κ3) is 5.45. The average molecular weight is 418 g/mol. The molecule has 4 nitrogen and oxygen atoms in total. The van der Waals surface area contributed by atoms with Crippen molar-refractivity contribution in [3.63, 3.8) is 0 Å². The van der Waals surface area contributed by atoms with Gasteiger partial charge >= 0.3 is 60.8 Å². The topological polar surface area (TPSA) is 74.6 Å². The van der Waals surface area contributed by atoms with E-state index >= 15 is 0 Å². The molecule has 0 aliphatic heterocycles. The Labute approximate surface area is 169 Å². The van der Waals surface area contributed by atoms with E-state index in [1.807, 2.05) is 0 Å². The summed E-state index contributed by atoms with van der Waals surface area (Å²) in [6.07, 6.45) is 4.81. The summed E-state index contributed by atoms with van der Waals surface area (Å²) in [5.74, 6) is -2.57. The zero-order chi connectivity index (χ0) is 15.0. The number of carboxylic acids is 2. The molecule has 0 bridgehead atoms. The third-order valence-corrected chi connectivity index (χ3v) is 3.65. The first-order valence-corrected chi connectivity index (χ1v) is 7.08. The summed E-state index contributed by atoms with van der Waals surface area (Å²) in [5, 5.41) is 18.9. The Hall–Kier alpha value is -0.269. The molecule has 114 valence electrons. The third-order valence-electron chi connectivity index (χ3n) is 3.65. The fraction of sp³-hybridized carbons (Fsp3) is 0.500. The normalized spacial score (nSPS) is 10.7. The molecule has 0 aliphatic rings. The number of hydrogen-bond acceptors (Lipinski definition) is 2. The van der Waals surface area contributed by atoms with E-state index < -0.39 is 17.4 Å². The van der Waals surface area contributed by atoms with E-state index in [-0.39, 0.29) is 58.2 Å². The van der Waals surface area contributed by atoms with Crippen molar-refractivity contribution >= 4 is 60.8 Å². The Bertz CT molecular complexity index is 441. The van der Waals surface area contributed by atoms with Gasteiger partial charge < -0.3 is 13.1 Å². The van der Waals surface area contributed by atoms with Gasteiger partial charge in [0, 0.05) is 0 Å². The molecule has 0 amide bonds. The molecule has 0 heterocycles. The molecule has 0 atom stereocenters. The van der Waals surface area contributed by atoms with Crippen molar-refractivity contribution in [3.8, 4) is 0 Å². The number of unbranched alkanes of at least 4 members (excludes halogenated alkanes) is 4. The zero-order valence-electron chi connectivity index (χ0n) is 14.5. The quantitative estimate of drug-likeness (QED) is 0.367. The monoisotopic (exact) mass is 418 g/mol. The van der Waals surface area contributed by atoms with E-state index in [0.29, 0.717) is 12.0 Å². The van der Waals surface area contributed by atoms with Crippen molar-refractivity contribution in [2.45, 2.75) is 50.9 Å². The first kappa shape index (κ1) is 20.7. The SMILES string of the molecule is CCCCCCCC(C(=O)O)(C(=O)O)c1ccccc1.[Ba+2].[H-].[H-]. The molecule has 5 heteroatoms. The second-order valence-electron chi connectivity index (χ2n) is 5.05. The van der Waals surface area contributed by atoms with Gasteiger partial charge in [0.15, 0.2) is 5.41 Å². The van der Waals surface area contributed by atoms with Crippen molar-refractivity contribution in [2.24, 2.45) is 0 Å². The van der Waals surface area contributed by atoms with Crippen molar-refractivity contribution in [2.75, 3.05) is 0 Å². The minimum Gasteiger partial charge on any atom is -1.00 e. The van der Waals surface area contributed by atoms with Crippen LogP contribution in [-0.2, 0) is 15.0 Å². The predicted molar refractivity (Wildman–Crippen MR) is 84.7 cm³/mol. The van der Waals surface area contributed by atoms with Gasteiger partial charge in [-0.15, -0.1) is 0 Å². The first-order chi connectivity index (χ1) is 9.55. The van der Waals surface area contributed by atoms with E-state index in [1.165, 1.54) is 0 Å². The Morgan fingerprint density at radius 1 is 1.00 bits per heavy atom. The molecule has 21 heavy (non-hydrogen) atoms. The van der Waals surface area contributed by atoms with Crippen molar-refractivity contribution < 1.29 is 22.7 Å². The number of carbonyl (C=O) groups is 2. The number of hydrogen-bond donors (Lipinski definition) is 2. The van der Waals surface area contributed by atoms with Crippen molar-refractivity contribution in [1.82, 2.24) is 0 Å².